The van der Waals surface area contributed by atoms with Crippen LogP contribution in [0, 0.1) is 6.42 Å². The first-order valence-electron chi connectivity index (χ1n) is 22.8. The monoisotopic (exact) mass is 762 g/mol. The zero-order valence-electron chi connectivity index (χ0n) is 37.1. The molecule has 0 saturated heterocycles. The normalized spacial score (nSPS) is 16.1. The molecule has 0 aliphatic heterocycles. The summed E-state index contributed by atoms with van der Waals surface area (Å²) in [6.07, 6.45) is 33.5. The number of rotatable bonds is 31. The van der Waals surface area contributed by atoms with Crippen LogP contribution in [0.4, 0.5) is 0 Å². The molecule has 0 bridgehead atoms. The summed E-state index contributed by atoms with van der Waals surface area (Å²) in [6.45, 7) is 25.0. The van der Waals surface area contributed by atoms with Gasteiger partial charge in [-0.05, 0) is 59.1 Å². The SMILES string of the molecule is CCCCCCCCCCCCCCCCC([CH]c1ccc(C(C)(C)C)cc1C(C)(C)C)(P(=O)(CC)CCCCCC)P(=O)(CC)CCCCCC. The van der Waals surface area contributed by atoms with Crippen molar-refractivity contribution in [1.82, 2.24) is 0 Å². The van der Waals surface area contributed by atoms with Crippen LogP contribution in [0.2, 0.25) is 0 Å². The molecular formula is C48H91O2P2. The van der Waals surface area contributed by atoms with Crippen molar-refractivity contribution in [2.24, 2.45) is 0 Å². The van der Waals surface area contributed by atoms with E-state index in [-0.39, 0.29) is 10.8 Å². The predicted molar refractivity (Wildman–Crippen MR) is 239 cm³/mol. The minimum absolute atomic E-state index is 0.0415. The van der Waals surface area contributed by atoms with Gasteiger partial charge in [-0.2, -0.15) is 0 Å². The molecule has 1 radical (unpaired) electrons. The van der Waals surface area contributed by atoms with Gasteiger partial charge in [0, 0.05) is 18.7 Å². The van der Waals surface area contributed by atoms with Gasteiger partial charge in [-0.25, -0.2) is 0 Å². The van der Waals surface area contributed by atoms with Gasteiger partial charge in [0.25, 0.3) is 0 Å². The van der Waals surface area contributed by atoms with E-state index < -0.39 is 19.2 Å². The second kappa shape index (κ2) is 25.8. The number of hydrogen-bond acceptors (Lipinski definition) is 2. The van der Waals surface area contributed by atoms with Crippen molar-refractivity contribution in [3.63, 3.8) is 0 Å². The van der Waals surface area contributed by atoms with Crippen LogP contribution in [0.3, 0.4) is 0 Å². The van der Waals surface area contributed by atoms with Crippen LogP contribution in [-0.2, 0) is 20.0 Å². The van der Waals surface area contributed by atoms with Crippen LogP contribution in [0.15, 0.2) is 18.2 Å². The first-order valence-corrected chi connectivity index (χ1v) is 26.9. The van der Waals surface area contributed by atoms with E-state index in [2.05, 4.69) is 101 Å². The Bertz CT molecular complexity index is 1120. The molecule has 2 unspecified atom stereocenters. The Kier molecular flexibility index (Phi) is 24.6. The highest BCUT2D eigenvalue weighted by Gasteiger charge is 2.57. The predicted octanol–water partition coefficient (Wildman–Crippen LogP) is 17.3. The van der Waals surface area contributed by atoms with Crippen LogP contribution in [-0.4, -0.2) is 29.5 Å². The molecule has 0 aliphatic carbocycles. The van der Waals surface area contributed by atoms with E-state index >= 15 is 9.13 Å². The fourth-order valence-electron chi connectivity index (χ4n) is 8.51. The highest BCUT2D eigenvalue weighted by Crippen LogP contribution is 2.79. The topological polar surface area (TPSA) is 34.1 Å². The van der Waals surface area contributed by atoms with Gasteiger partial charge < -0.3 is 9.13 Å². The lowest BCUT2D eigenvalue weighted by Gasteiger charge is -2.47. The van der Waals surface area contributed by atoms with Crippen LogP contribution in [0.5, 0.6) is 0 Å². The number of benzene rings is 1. The molecule has 2 atom stereocenters. The zero-order chi connectivity index (χ0) is 39.2. The van der Waals surface area contributed by atoms with Gasteiger partial charge in [-0.15, -0.1) is 0 Å². The molecule has 0 saturated carbocycles. The van der Waals surface area contributed by atoms with Crippen molar-refractivity contribution in [3.05, 3.63) is 41.3 Å². The number of unbranched alkanes of at least 4 members (excludes halogenated alkanes) is 19. The quantitative estimate of drug-likeness (QED) is 0.0558. The van der Waals surface area contributed by atoms with Crippen molar-refractivity contribution < 1.29 is 9.13 Å². The van der Waals surface area contributed by atoms with Crippen molar-refractivity contribution in [2.45, 2.75) is 240 Å². The second-order valence-electron chi connectivity index (χ2n) is 18.7. The minimum atomic E-state index is -2.86. The Morgan fingerprint density at radius 1 is 0.481 bits per heavy atom. The molecule has 1 aromatic carbocycles. The summed E-state index contributed by atoms with van der Waals surface area (Å²) >= 11 is 0. The zero-order valence-corrected chi connectivity index (χ0v) is 38.9. The van der Waals surface area contributed by atoms with Gasteiger partial charge in [-0.1, -0.05) is 223 Å². The number of hydrogen-bond donors (Lipinski definition) is 0. The van der Waals surface area contributed by atoms with Gasteiger partial charge in [-0.3, -0.25) is 0 Å². The molecule has 1 aromatic rings. The third-order valence-corrected chi connectivity index (χ3v) is 22.0. The summed E-state index contributed by atoms with van der Waals surface area (Å²) in [6, 6.07) is 7.03. The lowest BCUT2D eigenvalue weighted by molar-refractivity contribution is 0.505. The molecule has 1 rings (SSSR count). The Hall–Kier alpha value is -0.320. The van der Waals surface area contributed by atoms with Crippen LogP contribution in [0.1, 0.15) is 241 Å². The summed E-state index contributed by atoms with van der Waals surface area (Å²) in [5, 5.41) is 0. The highest BCUT2D eigenvalue weighted by atomic mass is 31.2. The van der Waals surface area contributed by atoms with E-state index in [1.807, 2.05) is 0 Å². The maximum atomic E-state index is 16.0. The highest BCUT2D eigenvalue weighted by molar-refractivity contribution is 7.83. The van der Waals surface area contributed by atoms with E-state index in [1.54, 1.807) is 0 Å². The van der Waals surface area contributed by atoms with Crippen molar-refractivity contribution in [1.29, 1.82) is 0 Å². The molecule has 305 valence electrons. The average Bonchev–Trinajstić information content (AvgIpc) is 3.10. The fourth-order valence-corrected chi connectivity index (χ4v) is 18.5. The lowest BCUT2D eigenvalue weighted by Crippen LogP contribution is -2.35. The summed E-state index contributed by atoms with van der Waals surface area (Å²) in [4.78, 5) is -0.734. The van der Waals surface area contributed by atoms with Gasteiger partial charge in [0.1, 0.15) is 14.3 Å². The lowest BCUT2D eigenvalue weighted by atomic mass is 9.77. The van der Waals surface area contributed by atoms with E-state index in [9.17, 15) is 0 Å². The van der Waals surface area contributed by atoms with Gasteiger partial charge >= 0.3 is 0 Å². The summed E-state index contributed by atoms with van der Waals surface area (Å²) in [5.74, 6) is 0. The molecule has 0 aliphatic rings. The smallest absolute Gasteiger partial charge is 0.101 e. The Morgan fingerprint density at radius 3 is 1.19 bits per heavy atom. The van der Waals surface area contributed by atoms with E-state index in [4.69, 9.17) is 0 Å². The van der Waals surface area contributed by atoms with Gasteiger partial charge in [0.15, 0.2) is 0 Å². The Morgan fingerprint density at radius 2 is 0.846 bits per heavy atom. The van der Waals surface area contributed by atoms with Gasteiger partial charge in [0.2, 0.25) is 0 Å². The van der Waals surface area contributed by atoms with Crippen molar-refractivity contribution in [3.8, 4) is 0 Å². The summed E-state index contributed by atoms with van der Waals surface area (Å²) in [5.41, 5.74) is 3.80. The average molecular weight is 762 g/mol. The van der Waals surface area contributed by atoms with E-state index in [0.717, 1.165) is 57.3 Å². The van der Waals surface area contributed by atoms with Crippen LogP contribution < -0.4 is 0 Å². The van der Waals surface area contributed by atoms with Crippen LogP contribution in [0.25, 0.3) is 0 Å². The third-order valence-electron chi connectivity index (χ3n) is 12.2. The molecule has 0 fully saturated rings. The Balaban J connectivity index is 3.48. The molecule has 0 amide bonds. The molecule has 0 aromatic heterocycles. The largest absolute Gasteiger partial charge is 0.322 e. The maximum absolute atomic E-state index is 16.0. The molecule has 0 N–H and O–H groups in total. The minimum Gasteiger partial charge on any atom is -0.322 e. The molecule has 0 spiro atoms. The van der Waals surface area contributed by atoms with Crippen LogP contribution >= 0.6 is 14.3 Å². The first kappa shape index (κ1) is 49.7. The molecule has 2 nitrogen and oxygen atoms in total. The molecule has 52 heavy (non-hydrogen) atoms. The molecule has 0 heterocycles. The maximum Gasteiger partial charge on any atom is 0.101 e. The standard InChI is InChI=1S/C48H91O2P2/c1-12-17-20-23-24-25-26-27-28-29-30-31-32-33-38-48(51(49,15-4)39-34-21-18-13-2,52(50,16-5)40-35-22-19-14-3)42-43-36-37-44(46(6,7)8)41-45(43)47(9,10)11/h36-37,41-42H,12-35,38-40H2,1-11H3. The third kappa shape index (κ3) is 16.4. The van der Waals surface area contributed by atoms with Gasteiger partial charge in [0.05, 0.1) is 4.90 Å². The summed E-state index contributed by atoms with van der Waals surface area (Å²) < 4.78 is 32.0. The van der Waals surface area contributed by atoms with E-state index in [0.29, 0.717) is 12.3 Å². The second-order valence-corrected chi connectivity index (χ2v) is 26.3. The molecular weight excluding hydrogens is 670 g/mol. The Labute approximate surface area is 327 Å². The fraction of sp³-hybridized carbons (Fsp3) is 0.854. The van der Waals surface area contributed by atoms with E-state index in [1.165, 1.54) is 119 Å². The first-order chi connectivity index (χ1) is 24.6. The summed E-state index contributed by atoms with van der Waals surface area (Å²) in [7, 11) is -5.72. The van der Waals surface area contributed by atoms with Crippen molar-refractivity contribution in [2.75, 3.05) is 24.6 Å². The molecule has 4 heteroatoms. The van der Waals surface area contributed by atoms with Crippen molar-refractivity contribution >= 4 is 14.3 Å².